The summed E-state index contributed by atoms with van der Waals surface area (Å²) in [5.74, 6) is 0.0111. The Kier molecular flexibility index (Phi) is 2.06. The fraction of sp³-hybridized carbons (Fsp3) is 0.286. The lowest BCUT2D eigenvalue weighted by Crippen LogP contribution is -2.24. The zero-order chi connectivity index (χ0) is 8.55. The quantitative estimate of drug-likeness (QED) is 0.732. The molecule has 0 aliphatic carbocycles. The van der Waals surface area contributed by atoms with Crippen LogP contribution < -0.4 is 10.6 Å². The van der Waals surface area contributed by atoms with E-state index in [2.05, 4.69) is 26.6 Å². The monoisotopic (exact) mass is 246 g/mol. The van der Waals surface area contributed by atoms with Crippen molar-refractivity contribution in [3.63, 3.8) is 0 Å². The lowest BCUT2D eigenvalue weighted by atomic mass is 10.3. The number of fused-ring (bicyclic) bond motifs is 1. The molecular weight excluding hydrogens is 240 g/mol. The first kappa shape index (κ1) is 8.07. The number of halogens is 1. The van der Waals surface area contributed by atoms with Crippen LogP contribution in [0.1, 0.15) is 10.4 Å². The van der Waals surface area contributed by atoms with Gasteiger partial charge in [0.2, 0.25) is 0 Å². The van der Waals surface area contributed by atoms with Crippen LogP contribution in [0.2, 0.25) is 0 Å². The number of anilines is 1. The Bertz CT molecular complexity index is 323. The first-order valence-electron chi connectivity index (χ1n) is 3.59. The van der Waals surface area contributed by atoms with E-state index in [-0.39, 0.29) is 5.91 Å². The molecule has 0 radical (unpaired) electrons. The number of hydrogen-bond donors (Lipinski definition) is 2. The Hall–Kier alpha value is -0.550. The molecule has 0 saturated heterocycles. The molecule has 0 aromatic carbocycles. The van der Waals surface area contributed by atoms with Gasteiger partial charge in [-0.05, 0) is 22.0 Å². The molecule has 0 spiro atoms. The van der Waals surface area contributed by atoms with E-state index in [4.69, 9.17) is 0 Å². The van der Waals surface area contributed by atoms with Gasteiger partial charge in [0, 0.05) is 13.1 Å². The van der Waals surface area contributed by atoms with Gasteiger partial charge in [0.15, 0.2) is 0 Å². The van der Waals surface area contributed by atoms with Crippen LogP contribution >= 0.6 is 27.3 Å². The molecule has 5 heteroatoms. The Morgan fingerprint density at radius 3 is 3.00 bits per heavy atom. The second-order valence-corrected chi connectivity index (χ2v) is 4.91. The van der Waals surface area contributed by atoms with Gasteiger partial charge in [-0.15, -0.1) is 11.3 Å². The normalized spacial score (nSPS) is 15.9. The van der Waals surface area contributed by atoms with Crippen molar-refractivity contribution in [3.8, 4) is 0 Å². The van der Waals surface area contributed by atoms with Crippen LogP contribution in [-0.2, 0) is 0 Å². The molecule has 3 nitrogen and oxygen atoms in total. The summed E-state index contributed by atoms with van der Waals surface area (Å²) in [4.78, 5) is 11.4. The summed E-state index contributed by atoms with van der Waals surface area (Å²) in [6, 6.07) is 1.84. The standard InChI is InChI=1S/C7H7BrN2OS/c8-5-3-4-6(11)9-1-2-10-7(4)12-5/h3,10H,1-2H2,(H,9,11). The Labute approximate surface area is 82.3 Å². The smallest absolute Gasteiger partial charge is 0.254 e. The van der Waals surface area contributed by atoms with Crippen molar-refractivity contribution in [2.45, 2.75) is 0 Å². The molecule has 0 atom stereocenters. The predicted octanol–water partition coefficient (Wildman–Crippen LogP) is 1.67. The maximum atomic E-state index is 11.4. The van der Waals surface area contributed by atoms with E-state index in [1.54, 1.807) is 11.3 Å². The van der Waals surface area contributed by atoms with E-state index < -0.39 is 0 Å². The molecule has 0 unspecified atom stereocenters. The molecular formula is C7H7BrN2OS. The summed E-state index contributed by atoms with van der Waals surface area (Å²) in [6.45, 7) is 1.49. The molecule has 12 heavy (non-hydrogen) atoms. The van der Waals surface area contributed by atoms with Gasteiger partial charge in [0.25, 0.3) is 5.91 Å². The summed E-state index contributed by atoms with van der Waals surface area (Å²) in [6.07, 6.45) is 0. The highest BCUT2D eigenvalue weighted by molar-refractivity contribution is 9.11. The predicted molar refractivity (Wildman–Crippen MR) is 52.8 cm³/mol. The fourth-order valence-corrected chi connectivity index (χ4v) is 2.63. The highest BCUT2D eigenvalue weighted by Crippen LogP contribution is 2.32. The van der Waals surface area contributed by atoms with Crippen LogP contribution in [0.3, 0.4) is 0 Å². The lowest BCUT2D eigenvalue weighted by Gasteiger charge is -1.96. The average molecular weight is 247 g/mol. The van der Waals surface area contributed by atoms with Gasteiger partial charge < -0.3 is 10.6 Å². The van der Waals surface area contributed by atoms with Gasteiger partial charge >= 0.3 is 0 Å². The number of nitrogens with one attached hydrogen (secondary N) is 2. The van der Waals surface area contributed by atoms with Crippen LogP contribution in [0.15, 0.2) is 9.85 Å². The zero-order valence-corrected chi connectivity index (χ0v) is 8.59. The molecule has 1 aliphatic heterocycles. The summed E-state index contributed by atoms with van der Waals surface area (Å²) in [5, 5.41) is 6.94. The van der Waals surface area contributed by atoms with Gasteiger partial charge in [0.05, 0.1) is 9.35 Å². The number of rotatable bonds is 0. The Balaban J connectivity index is 2.44. The van der Waals surface area contributed by atoms with Crippen molar-refractivity contribution in [3.05, 3.63) is 15.4 Å². The van der Waals surface area contributed by atoms with Gasteiger partial charge in [-0.1, -0.05) is 0 Å². The van der Waals surface area contributed by atoms with Gasteiger partial charge in [-0.2, -0.15) is 0 Å². The third-order valence-electron chi connectivity index (χ3n) is 1.64. The average Bonchev–Trinajstić information content (AvgIpc) is 2.33. The van der Waals surface area contributed by atoms with Gasteiger partial charge in [-0.3, -0.25) is 4.79 Å². The molecule has 1 aromatic rings. The highest BCUT2D eigenvalue weighted by atomic mass is 79.9. The first-order valence-corrected chi connectivity index (χ1v) is 5.20. The summed E-state index contributed by atoms with van der Waals surface area (Å²) < 4.78 is 0.983. The zero-order valence-electron chi connectivity index (χ0n) is 6.19. The maximum Gasteiger partial charge on any atom is 0.254 e. The van der Waals surface area contributed by atoms with Gasteiger partial charge in [0.1, 0.15) is 5.00 Å². The number of amides is 1. The molecule has 0 saturated carbocycles. The van der Waals surface area contributed by atoms with E-state index in [0.29, 0.717) is 6.54 Å². The fourth-order valence-electron chi connectivity index (χ4n) is 1.11. The Morgan fingerprint density at radius 1 is 1.42 bits per heavy atom. The first-order chi connectivity index (χ1) is 5.77. The maximum absolute atomic E-state index is 11.4. The van der Waals surface area contributed by atoms with E-state index >= 15 is 0 Å². The molecule has 0 bridgehead atoms. The largest absolute Gasteiger partial charge is 0.374 e. The summed E-state index contributed by atoms with van der Waals surface area (Å²) in [5.41, 5.74) is 0.740. The summed E-state index contributed by atoms with van der Waals surface area (Å²) in [7, 11) is 0. The van der Waals surface area contributed by atoms with E-state index in [0.717, 1.165) is 20.9 Å². The SMILES string of the molecule is O=C1NCCNc2sc(Br)cc21. The van der Waals surface area contributed by atoms with E-state index in [1.165, 1.54) is 0 Å². The van der Waals surface area contributed by atoms with Crippen LogP contribution in [0, 0.1) is 0 Å². The van der Waals surface area contributed by atoms with Crippen molar-refractivity contribution in [1.29, 1.82) is 0 Å². The lowest BCUT2D eigenvalue weighted by molar-refractivity contribution is 0.0958. The van der Waals surface area contributed by atoms with Crippen molar-refractivity contribution >= 4 is 38.2 Å². The van der Waals surface area contributed by atoms with E-state index in [9.17, 15) is 4.79 Å². The Morgan fingerprint density at radius 2 is 2.17 bits per heavy atom. The minimum atomic E-state index is 0.0111. The molecule has 0 fully saturated rings. The highest BCUT2D eigenvalue weighted by Gasteiger charge is 2.17. The minimum absolute atomic E-state index is 0.0111. The van der Waals surface area contributed by atoms with Crippen LogP contribution in [0.25, 0.3) is 0 Å². The van der Waals surface area contributed by atoms with Crippen molar-refractivity contribution < 1.29 is 4.79 Å². The summed E-state index contributed by atoms with van der Waals surface area (Å²) >= 11 is 4.90. The van der Waals surface area contributed by atoms with Crippen LogP contribution in [0.4, 0.5) is 5.00 Å². The second-order valence-electron chi connectivity index (χ2n) is 2.48. The minimum Gasteiger partial charge on any atom is -0.374 e. The van der Waals surface area contributed by atoms with E-state index in [1.807, 2.05) is 6.07 Å². The molecule has 1 aliphatic rings. The molecule has 64 valence electrons. The number of thiophene rings is 1. The number of carbonyl (C=O) groups excluding carboxylic acids is 1. The van der Waals surface area contributed by atoms with Gasteiger partial charge in [-0.25, -0.2) is 0 Å². The van der Waals surface area contributed by atoms with Crippen molar-refractivity contribution in [2.75, 3.05) is 18.4 Å². The molecule has 1 aromatic heterocycles. The third kappa shape index (κ3) is 1.34. The molecule has 2 rings (SSSR count). The molecule has 1 amide bonds. The van der Waals surface area contributed by atoms with Crippen LogP contribution in [0.5, 0.6) is 0 Å². The second kappa shape index (κ2) is 3.06. The van der Waals surface area contributed by atoms with Crippen molar-refractivity contribution in [2.24, 2.45) is 0 Å². The molecule has 2 N–H and O–H groups in total. The molecule has 2 heterocycles. The van der Waals surface area contributed by atoms with Crippen molar-refractivity contribution in [1.82, 2.24) is 5.32 Å². The number of carbonyl (C=O) groups is 1. The van der Waals surface area contributed by atoms with Crippen LogP contribution in [-0.4, -0.2) is 19.0 Å². The topological polar surface area (TPSA) is 41.1 Å². The number of hydrogen-bond acceptors (Lipinski definition) is 3. The third-order valence-corrected chi connectivity index (χ3v) is 3.24.